The van der Waals surface area contributed by atoms with E-state index in [-0.39, 0.29) is 29.8 Å². The van der Waals surface area contributed by atoms with E-state index in [4.69, 9.17) is 14.5 Å². The smallest absolute Gasteiger partial charge is 0.307 e. The van der Waals surface area contributed by atoms with E-state index >= 15 is 0 Å². The number of methoxy groups -OCH3 is 1. The molecule has 3 heterocycles. The lowest BCUT2D eigenvalue weighted by Crippen LogP contribution is -2.44. The van der Waals surface area contributed by atoms with Crippen molar-refractivity contribution in [2.75, 3.05) is 38.2 Å². The molecule has 8 nitrogen and oxygen atoms in total. The van der Waals surface area contributed by atoms with E-state index in [0.717, 1.165) is 90.7 Å². The van der Waals surface area contributed by atoms with Gasteiger partial charge in [0.15, 0.2) is 5.13 Å². The molecule has 2 atom stereocenters. The largest absolute Gasteiger partial charge is 0.488 e. The summed E-state index contributed by atoms with van der Waals surface area (Å²) in [5.74, 6) is 0.353. The van der Waals surface area contributed by atoms with Crippen LogP contribution in [0.5, 0.6) is 5.75 Å². The molecule has 1 amide bonds. The quantitative estimate of drug-likeness (QED) is 0.355. The lowest BCUT2D eigenvalue weighted by molar-refractivity contribution is -0.144. The standard InChI is InChI=1S/C33H39N3O5S/c1-20-4-9-29(41-18-25-8-5-22(15-21(25)2)31(37)35-12-10-26(40-3)11-13-35)27(14-20)28-19-42-33(34-28)36-16-23-6-7-24(17-36)30(23)32(38)39/h4-5,8-9,14-15,19,23-24,26,30H,6-7,10-13,16-18H2,1-3H3,(H,38,39). The van der Waals surface area contributed by atoms with Crippen LogP contribution >= 0.6 is 11.3 Å². The van der Waals surface area contributed by atoms with Gasteiger partial charge in [0.25, 0.3) is 5.91 Å². The SMILES string of the molecule is COC1CCN(C(=O)c2ccc(COc3ccc(C)cc3-c3csc(N4CC5CCC(C4)C5C(=O)O)n3)c(C)c2)CC1. The summed E-state index contributed by atoms with van der Waals surface area (Å²) in [4.78, 5) is 34.0. The van der Waals surface area contributed by atoms with E-state index in [9.17, 15) is 14.7 Å². The summed E-state index contributed by atoms with van der Waals surface area (Å²) in [7, 11) is 1.73. The average molecular weight is 590 g/mol. The highest BCUT2D eigenvalue weighted by molar-refractivity contribution is 7.14. The molecule has 3 fully saturated rings. The van der Waals surface area contributed by atoms with Gasteiger partial charge in [-0.1, -0.05) is 17.7 Å². The number of ether oxygens (including phenoxy) is 2. The summed E-state index contributed by atoms with van der Waals surface area (Å²) in [5, 5.41) is 12.7. The van der Waals surface area contributed by atoms with Crippen molar-refractivity contribution in [1.82, 2.24) is 9.88 Å². The molecule has 1 saturated carbocycles. The van der Waals surface area contributed by atoms with Crippen LogP contribution in [0.3, 0.4) is 0 Å². The third kappa shape index (κ3) is 5.77. The molecule has 1 N–H and O–H groups in total. The fourth-order valence-electron chi connectivity index (χ4n) is 6.91. The summed E-state index contributed by atoms with van der Waals surface area (Å²) < 4.78 is 11.8. The number of anilines is 1. The van der Waals surface area contributed by atoms with Gasteiger partial charge in [-0.05, 0) is 86.8 Å². The average Bonchev–Trinajstić information content (AvgIpc) is 3.59. The Morgan fingerprint density at radius 3 is 2.43 bits per heavy atom. The molecule has 0 radical (unpaired) electrons. The predicted octanol–water partition coefficient (Wildman–Crippen LogP) is 5.80. The number of carbonyl (C=O) groups is 2. The number of hydrogen-bond donors (Lipinski definition) is 1. The first kappa shape index (κ1) is 28.7. The summed E-state index contributed by atoms with van der Waals surface area (Å²) in [6.07, 6.45) is 3.94. The number of fused-ring (bicyclic) bond motifs is 2. The van der Waals surface area contributed by atoms with Crippen LogP contribution in [0.25, 0.3) is 11.3 Å². The van der Waals surface area contributed by atoms with E-state index in [2.05, 4.69) is 23.3 Å². The third-order valence-corrected chi connectivity index (χ3v) is 10.2. The summed E-state index contributed by atoms with van der Waals surface area (Å²) in [5.41, 5.74) is 5.71. The fourth-order valence-corrected chi connectivity index (χ4v) is 7.75. The Kier molecular flexibility index (Phi) is 8.23. The third-order valence-electron chi connectivity index (χ3n) is 9.33. The highest BCUT2D eigenvalue weighted by atomic mass is 32.1. The zero-order valence-electron chi connectivity index (χ0n) is 24.5. The van der Waals surface area contributed by atoms with Crippen molar-refractivity contribution in [2.45, 2.75) is 52.2 Å². The number of amides is 1. The monoisotopic (exact) mass is 589 g/mol. The fraction of sp³-hybridized carbons (Fsp3) is 0.485. The van der Waals surface area contributed by atoms with Crippen LogP contribution in [0.4, 0.5) is 5.13 Å². The first-order valence-electron chi connectivity index (χ1n) is 14.9. The minimum absolute atomic E-state index is 0.0699. The number of benzene rings is 2. The van der Waals surface area contributed by atoms with Crippen LogP contribution in [0.1, 0.15) is 52.7 Å². The zero-order chi connectivity index (χ0) is 29.4. The number of aliphatic carboxylic acids is 1. The van der Waals surface area contributed by atoms with E-state index in [1.807, 2.05) is 42.2 Å². The molecule has 1 aliphatic carbocycles. The number of hydrogen-bond acceptors (Lipinski definition) is 7. The second-order valence-corrected chi connectivity index (χ2v) is 12.9. The number of nitrogens with zero attached hydrogens (tertiary/aromatic N) is 3. The van der Waals surface area contributed by atoms with Gasteiger partial charge in [-0.25, -0.2) is 4.98 Å². The van der Waals surface area contributed by atoms with Gasteiger partial charge in [0.05, 0.1) is 17.7 Å². The van der Waals surface area contributed by atoms with E-state index in [0.29, 0.717) is 12.2 Å². The van der Waals surface area contributed by atoms with Crippen molar-refractivity contribution < 1.29 is 24.2 Å². The molecule has 42 heavy (non-hydrogen) atoms. The maximum absolute atomic E-state index is 13.1. The van der Waals surface area contributed by atoms with Crippen LogP contribution < -0.4 is 9.64 Å². The van der Waals surface area contributed by atoms with Crippen molar-refractivity contribution in [3.8, 4) is 17.0 Å². The molecule has 0 spiro atoms. The van der Waals surface area contributed by atoms with Gasteiger partial charge in [-0.3, -0.25) is 9.59 Å². The van der Waals surface area contributed by atoms with Crippen molar-refractivity contribution in [1.29, 1.82) is 0 Å². The molecular formula is C33H39N3O5S. The number of aryl methyl sites for hydroxylation is 2. The molecule has 9 heteroatoms. The Morgan fingerprint density at radius 1 is 1.02 bits per heavy atom. The van der Waals surface area contributed by atoms with Crippen LogP contribution in [0.15, 0.2) is 41.8 Å². The molecule has 2 unspecified atom stereocenters. The van der Waals surface area contributed by atoms with Gasteiger partial charge in [-0.2, -0.15) is 0 Å². The predicted molar refractivity (Wildman–Crippen MR) is 163 cm³/mol. The van der Waals surface area contributed by atoms with Gasteiger partial charge < -0.3 is 24.4 Å². The minimum Gasteiger partial charge on any atom is -0.488 e. The summed E-state index contributed by atoms with van der Waals surface area (Å²) >= 11 is 1.61. The molecule has 1 aromatic heterocycles. The highest BCUT2D eigenvalue weighted by Crippen LogP contribution is 2.44. The second kappa shape index (κ2) is 12.1. The number of piperidine rings is 2. The van der Waals surface area contributed by atoms with Gasteiger partial charge >= 0.3 is 5.97 Å². The van der Waals surface area contributed by atoms with Crippen LogP contribution in [0.2, 0.25) is 0 Å². The van der Waals surface area contributed by atoms with Crippen molar-refractivity contribution in [2.24, 2.45) is 17.8 Å². The Hall–Kier alpha value is -3.43. The number of carboxylic acid groups (broad SMARTS) is 1. The molecule has 222 valence electrons. The Balaban J connectivity index is 1.14. The maximum Gasteiger partial charge on any atom is 0.307 e. The topological polar surface area (TPSA) is 92.2 Å². The van der Waals surface area contributed by atoms with Gasteiger partial charge in [-0.15, -0.1) is 11.3 Å². The zero-order valence-corrected chi connectivity index (χ0v) is 25.4. The second-order valence-electron chi connectivity index (χ2n) is 12.0. The van der Waals surface area contributed by atoms with Crippen molar-refractivity contribution in [3.05, 3.63) is 64.0 Å². The Labute approximate surface area is 251 Å². The number of thiazole rings is 1. The number of carbonyl (C=O) groups excluding carboxylic acids is 1. The Bertz CT molecular complexity index is 1450. The van der Waals surface area contributed by atoms with E-state index < -0.39 is 5.97 Å². The lowest BCUT2D eigenvalue weighted by Gasteiger charge is -2.35. The molecule has 2 aromatic carbocycles. The van der Waals surface area contributed by atoms with E-state index in [1.54, 1.807) is 18.4 Å². The molecule has 2 aliphatic heterocycles. The molecule has 2 bridgehead atoms. The van der Waals surface area contributed by atoms with Gasteiger partial charge in [0.1, 0.15) is 12.4 Å². The normalized spacial score (nSPS) is 22.4. The number of likely N-dealkylation sites (tertiary alicyclic amines) is 1. The van der Waals surface area contributed by atoms with Crippen LogP contribution in [0, 0.1) is 31.6 Å². The number of carboxylic acids is 1. The summed E-state index contributed by atoms with van der Waals surface area (Å²) in [6.45, 7) is 7.41. The molecule has 6 rings (SSSR count). The number of rotatable bonds is 8. The molecule has 3 aromatic rings. The first-order chi connectivity index (χ1) is 20.3. The number of aromatic nitrogens is 1. The first-order valence-corrected chi connectivity index (χ1v) is 15.8. The van der Waals surface area contributed by atoms with E-state index in [1.165, 1.54) is 0 Å². The van der Waals surface area contributed by atoms with Crippen LogP contribution in [-0.2, 0) is 16.1 Å². The molecule has 3 aliphatic rings. The summed E-state index contributed by atoms with van der Waals surface area (Å²) in [6, 6.07) is 12.0. The maximum atomic E-state index is 13.1. The highest BCUT2D eigenvalue weighted by Gasteiger charge is 2.46. The van der Waals surface area contributed by atoms with Gasteiger partial charge in [0, 0.05) is 49.8 Å². The van der Waals surface area contributed by atoms with Crippen molar-refractivity contribution >= 4 is 28.3 Å². The lowest BCUT2D eigenvalue weighted by atomic mass is 9.85. The Morgan fingerprint density at radius 2 is 1.76 bits per heavy atom. The molecular weight excluding hydrogens is 550 g/mol. The van der Waals surface area contributed by atoms with Crippen molar-refractivity contribution in [3.63, 3.8) is 0 Å². The van der Waals surface area contributed by atoms with Gasteiger partial charge in [0.2, 0.25) is 0 Å². The minimum atomic E-state index is -0.650. The van der Waals surface area contributed by atoms with Crippen LogP contribution in [-0.4, -0.2) is 66.3 Å². The molecule has 2 saturated heterocycles.